The number of rotatable bonds is 12. The molecule has 0 saturated heterocycles. The Morgan fingerprint density at radius 3 is 1.72 bits per heavy atom. The third-order valence-corrected chi connectivity index (χ3v) is 3.36. The maximum Gasteiger partial charge on any atom is 0.306 e. The quantitative estimate of drug-likeness (QED) is 0.372. The molecular weight excluding hydrogens is 232 g/mol. The van der Waals surface area contributed by atoms with Crippen LogP contribution in [0.3, 0.4) is 0 Å². The van der Waals surface area contributed by atoms with Gasteiger partial charge in [0.1, 0.15) is 0 Å². The van der Waals surface area contributed by atoms with Crippen LogP contribution in [0.4, 0.5) is 0 Å². The number of carbonyl (C=O) groups is 1. The first-order valence-electron chi connectivity index (χ1n) is 7.16. The molecule has 0 aromatic rings. The lowest BCUT2D eigenvalue weighted by atomic mass is 9.98. The standard InChI is InChI=1S/C14H28O4/c1-2-12(14(17)18)10-8-6-4-3-5-7-9-11-13(15)16/h12-13,15-16H,2-11H2,1H3,(H,17,18). The molecular formula is C14H28O4. The van der Waals surface area contributed by atoms with Gasteiger partial charge in [0.15, 0.2) is 6.29 Å². The molecule has 0 radical (unpaired) electrons. The van der Waals surface area contributed by atoms with Gasteiger partial charge in [-0.2, -0.15) is 0 Å². The Kier molecular flexibility index (Phi) is 11.1. The summed E-state index contributed by atoms with van der Waals surface area (Å²) in [6.07, 6.45) is 8.28. The van der Waals surface area contributed by atoms with Crippen molar-refractivity contribution in [1.29, 1.82) is 0 Å². The first-order valence-corrected chi connectivity index (χ1v) is 7.16. The Morgan fingerprint density at radius 2 is 1.33 bits per heavy atom. The number of carboxylic acid groups (broad SMARTS) is 1. The number of hydrogen-bond donors (Lipinski definition) is 3. The second-order valence-corrected chi connectivity index (χ2v) is 4.98. The molecule has 0 spiro atoms. The summed E-state index contributed by atoms with van der Waals surface area (Å²) in [4.78, 5) is 10.8. The van der Waals surface area contributed by atoms with Gasteiger partial charge in [0.2, 0.25) is 0 Å². The maximum atomic E-state index is 10.8. The fourth-order valence-corrected chi connectivity index (χ4v) is 2.10. The monoisotopic (exact) mass is 260 g/mol. The summed E-state index contributed by atoms with van der Waals surface area (Å²) < 4.78 is 0. The SMILES string of the molecule is CCC(CCCCCCCCCC(O)O)C(=O)O. The van der Waals surface area contributed by atoms with Gasteiger partial charge in [-0.25, -0.2) is 0 Å². The summed E-state index contributed by atoms with van der Waals surface area (Å²) in [5.74, 6) is -0.837. The van der Waals surface area contributed by atoms with Crippen molar-refractivity contribution >= 4 is 5.97 Å². The zero-order valence-electron chi connectivity index (χ0n) is 11.5. The Bertz CT molecular complexity index is 204. The predicted octanol–water partition coefficient (Wildman–Crippen LogP) is 2.92. The van der Waals surface area contributed by atoms with Crippen LogP contribution in [0, 0.1) is 5.92 Å². The number of aliphatic hydroxyl groups excluding tert-OH is 1. The molecule has 0 amide bonds. The summed E-state index contributed by atoms with van der Waals surface area (Å²) in [7, 11) is 0. The Labute approximate surface area is 110 Å². The predicted molar refractivity (Wildman–Crippen MR) is 71.2 cm³/mol. The van der Waals surface area contributed by atoms with E-state index >= 15 is 0 Å². The van der Waals surface area contributed by atoms with Crippen molar-refractivity contribution in [1.82, 2.24) is 0 Å². The summed E-state index contributed by atoms with van der Waals surface area (Å²) in [6, 6.07) is 0. The lowest BCUT2D eigenvalue weighted by Gasteiger charge is -2.08. The molecule has 18 heavy (non-hydrogen) atoms. The van der Waals surface area contributed by atoms with Gasteiger partial charge in [-0.1, -0.05) is 45.4 Å². The normalized spacial score (nSPS) is 12.9. The van der Waals surface area contributed by atoms with E-state index in [9.17, 15) is 4.79 Å². The highest BCUT2D eigenvalue weighted by Crippen LogP contribution is 2.15. The highest BCUT2D eigenvalue weighted by molar-refractivity contribution is 5.69. The second kappa shape index (κ2) is 11.5. The lowest BCUT2D eigenvalue weighted by Crippen LogP contribution is -2.12. The van der Waals surface area contributed by atoms with Crippen LogP contribution in [0.15, 0.2) is 0 Å². The van der Waals surface area contributed by atoms with Crippen LogP contribution in [0.25, 0.3) is 0 Å². The average molecular weight is 260 g/mol. The van der Waals surface area contributed by atoms with Crippen molar-refractivity contribution < 1.29 is 20.1 Å². The topological polar surface area (TPSA) is 77.8 Å². The minimum absolute atomic E-state index is 0.170. The van der Waals surface area contributed by atoms with Crippen LogP contribution in [-0.4, -0.2) is 27.6 Å². The van der Waals surface area contributed by atoms with Crippen molar-refractivity contribution in [2.24, 2.45) is 5.92 Å². The molecule has 0 aliphatic heterocycles. The van der Waals surface area contributed by atoms with Gasteiger partial charge >= 0.3 is 5.97 Å². The Balaban J connectivity index is 3.23. The zero-order valence-corrected chi connectivity index (χ0v) is 11.5. The molecule has 3 N–H and O–H groups in total. The van der Waals surface area contributed by atoms with E-state index in [0.717, 1.165) is 57.8 Å². The van der Waals surface area contributed by atoms with Crippen molar-refractivity contribution in [3.05, 3.63) is 0 Å². The van der Waals surface area contributed by atoms with Gasteiger partial charge in [0.05, 0.1) is 5.92 Å². The third kappa shape index (κ3) is 10.5. The summed E-state index contributed by atoms with van der Waals surface area (Å²) >= 11 is 0. The van der Waals surface area contributed by atoms with Gasteiger partial charge in [-0.3, -0.25) is 4.79 Å². The molecule has 0 bridgehead atoms. The summed E-state index contributed by atoms with van der Waals surface area (Å²) in [5, 5.41) is 26.2. The molecule has 4 heteroatoms. The molecule has 4 nitrogen and oxygen atoms in total. The van der Waals surface area contributed by atoms with Crippen LogP contribution >= 0.6 is 0 Å². The smallest absolute Gasteiger partial charge is 0.306 e. The fourth-order valence-electron chi connectivity index (χ4n) is 2.10. The number of carboxylic acids is 1. The molecule has 0 rings (SSSR count). The molecule has 0 aromatic carbocycles. The van der Waals surface area contributed by atoms with E-state index in [0.29, 0.717) is 6.42 Å². The van der Waals surface area contributed by atoms with Gasteiger partial charge in [-0.05, 0) is 25.7 Å². The zero-order chi connectivity index (χ0) is 13.8. The van der Waals surface area contributed by atoms with E-state index in [1.165, 1.54) is 0 Å². The molecule has 1 unspecified atom stereocenters. The van der Waals surface area contributed by atoms with Crippen LogP contribution in [-0.2, 0) is 4.79 Å². The fraction of sp³-hybridized carbons (Fsp3) is 0.929. The van der Waals surface area contributed by atoms with Gasteiger partial charge < -0.3 is 15.3 Å². The van der Waals surface area contributed by atoms with E-state index in [1.54, 1.807) is 0 Å². The van der Waals surface area contributed by atoms with E-state index in [1.807, 2.05) is 6.92 Å². The first-order chi connectivity index (χ1) is 8.57. The van der Waals surface area contributed by atoms with Crippen molar-refractivity contribution in [3.8, 4) is 0 Å². The van der Waals surface area contributed by atoms with E-state index in [2.05, 4.69) is 0 Å². The molecule has 1 atom stereocenters. The molecule has 0 aliphatic rings. The first kappa shape index (κ1) is 17.4. The summed E-state index contributed by atoms with van der Waals surface area (Å²) in [6.45, 7) is 1.92. The number of aliphatic carboxylic acids is 1. The highest BCUT2D eigenvalue weighted by atomic mass is 16.5. The molecule has 0 aromatic heterocycles. The maximum absolute atomic E-state index is 10.8. The van der Waals surface area contributed by atoms with Gasteiger partial charge in [0.25, 0.3) is 0 Å². The van der Waals surface area contributed by atoms with Crippen LogP contribution in [0.2, 0.25) is 0 Å². The lowest BCUT2D eigenvalue weighted by molar-refractivity contribution is -0.142. The van der Waals surface area contributed by atoms with E-state index < -0.39 is 12.3 Å². The van der Waals surface area contributed by atoms with Crippen LogP contribution < -0.4 is 0 Å². The van der Waals surface area contributed by atoms with Crippen molar-refractivity contribution in [3.63, 3.8) is 0 Å². The number of hydrogen-bond acceptors (Lipinski definition) is 3. The third-order valence-electron chi connectivity index (χ3n) is 3.36. The van der Waals surface area contributed by atoms with E-state index in [4.69, 9.17) is 15.3 Å². The molecule has 0 fully saturated rings. The molecule has 0 heterocycles. The minimum atomic E-state index is -1.16. The van der Waals surface area contributed by atoms with Gasteiger partial charge in [-0.15, -0.1) is 0 Å². The van der Waals surface area contributed by atoms with Crippen LogP contribution in [0.5, 0.6) is 0 Å². The average Bonchev–Trinajstić information content (AvgIpc) is 2.31. The van der Waals surface area contributed by atoms with Crippen molar-refractivity contribution in [2.45, 2.75) is 77.4 Å². The van der Waals surface area contributed by atoms with Crippen molar-refractivity contribution in [2.75, 3.05) is 0 Å². The molecule has 108 valence electrons. The molecule has 0 saturated carbocycles. The van der Waals surface area contributed by atoms with Gasteiger partial charge in [0, 0.05) is 0 Å². The Hall–Kier alpha value is -0.610. The van der Waals surface area contributed by atoms with Crippen LogP contribution in [0.1, 0.15) is 71.1 Å². The minimum Gasteiger partial charge on any atom is -0.481 e. The highest BCUT2D eigenvalue weighted by Gasteiger charge is 2.13. The Morgan fingerprint density at radius 1 is 0.889 bits per heavy atom. The second-order valence-electron chi connectivity index (χ2n) is 4.98. The number of unbranched alkanes of at least 4 members (excludes halogenated alkanes) is 6. The molecule has 0 aliphatic carbocycles. The summed E-state index contributed by atoms with van der Waals surface area (Å²) in [5.41, 5.74) is 0. The number of aliphatic hydroxyl groups is 2. The van der Waals surface area contributed by atoms with E-state index in [-0.39, 0.29) is 5.92 Å². The largest absolute Gasteiger partial charge is 0.481 e.